The summed E-state index contributed by atoms with van der Waals surface area (Å²) < 4.78 is 19.6. The molecule has 2 aliphatic rings. The first kappa shape index (κ1) is 14.6. The highest BCUT2D eigenvalue weighted by molar-refractivity contribution is 6.32. The van der Waals surface area contributed by atoms with Crippen LogP contribution in [0.15, 0.2) is 12.1 Å². The summed E-state index contributed by atoms with van der Waals surface area (Å²) in [6.07, 6.45) is 5.62. The Bertz CT molecular complexity index is 563. The van der Waals surface area contributed by atoms with E-state index in [0.29, 0.717) is 24.2 Å². The molecule has 0 saturated heterocycles. The summed E-state index contributed by atoms with van der Waals surface area (Å²) in [5.41, 5.74) is -0.666. The SMILES string of the molecule is O=C(O)C1(c2cc(F)cc(Cl)c2OC2CC2)CCCCC1. The van der Waals surface area contributed by atoms with Crippen LogP contribution in [0.4, 0.5) is 4.39 Å². The van der Waals surface area contributed by atoms with Crippen molar-refractivity contribution in [1.82, 2.24) is 0 Å². The van der Waals surface area contributed by atoms with E-state index in [1.54, 1.807) is 0 Å². The van der Waals surface area contributed by atoms with Crippen LogP contribution >= 0.6 is 11.6 Å². The fourth-order valence-electron chi connectivity index (χ4n) is 3.14. The van der Waals surface area contributed by atoms with Gasteiger partial charge in [0.05, 0.1) is 16.5 Å². The van der Waals surface area contributed by atoms with Gasteiger partial charge in [-0.3, -0.25) is 4.79 Å². The zero-order chi connectivity index (χ0) is 15.0. The van der Waals surface area contributed by atoms with Gasteiger partial charge in [0, 0.05) is 5.56 Å². The fraction of sp³-hybridized carbons (Fsp3) is 0.562. The van der Waals surface area contributed by atoms with E-state index < -0.39 is 17.2 Å². The third-order valence-electron chi connectivity index (χ3n) is 4.45. The van der Waals surface area contributed by atoms with E-state index in [4.69, 9.17) is 16.3 Å². The molecule has 3 nitrogen and oxygen atoms in total. The number of carbonyl (C=O) groups is 1. The molecule has 0 aliphatic heterocycles. The highest BCUT2D eigenvalue weighted by Crippen LogP contribution is 2.47. The van der Waals surface area contributed by atoms with Gasteiger partial charge < -0.3 is 9.84 Å². The van der Waals surface area contributed by atoms with Crippen LogP contribution in [0, 0.1) is 5.82 Å². The number of carboxylic acids is 1. The molecule has 21 heavy (non-hydrogen) atoms. The lowest BCUT2D eigenvalue weighted by Crippen LogP contribution is -2.38. The van der Waals surface area contributed by atoms with Crippen molar-refractivity contribution in [2.24, 2.45) is 0 Å². The number of rotatable bonds is 4. The first-order chi connectivity index (χ1) is 10.0. The maximum absolute atomic E-state index is 13.8. The maximum Gasteiger partial charge on any atom is 0.314 e. The second-order valence-corrected chi connectivity index (χ2v) is 6.44. The lowest BCUT2D eigenvalue weighted by molar-refractivity contribution is -0.145. The molecule has 0 atom stereocenters. The number of hydrogen-bond acceptors (Lipinski definition) is 2. The summed E-state index contributed by atoms with van der Waals surface area (Å²) >= 11 is 6.13. The summed E-state index contributed by atoms with van der Waals surface area (Å²) in [5.74, 6) is -1.06. The molecule has 0 heterocycles. The molecule has 2 saturated carbocycles. The summed E-state index contributed by atoms with van der Waals surface area (Å²) in [6, 6.07) is 2.49. The largest absolute Gasteiger partial charge is 0.489 e. The summed E-state index contributed by atoms with van der Waals surface area (Å²) in [6.45, 7) is 0. The van der Waals surface area contributed by atoms with Gasteiger partial charge in [-0.2, -0.15) is 0 Å². The number of benzene rings is 1. The van der Waals surface area contributed by atoms with Crippen LogP contribution in [0.2, 0.25) is 5.02 Å². The normalized spacial score (nSPS) is 21.0. The average Bonchev–Trinajstić information content (AvgIpc) is 3.26. The number of aliphatic carboxylic acids is 1. The number of halogens is 2. The van der Waals surface area contributed by atoms with Crippen molar-refractivity contribution in [3.8, 4) is 5.75 Å². The molecule has 0 aromatic heterocycles. The highest BCUT2D eigenvalue weighted by Gasteiger charge is 2.44. The molecule has 2 fully saturated rings. The van der Waals surface area contributed by atoms with Gasteiger partial charge in [0.1, 0.15) is 11.6 Å². The van der Waals surface area contributed by atoms with Crippen LogP contribution in [0.5, 0.6) is 5.75 Å². The Hall–Kier alpha value is -1.29. The van der Waals surface area contributed by atoms with Crippen molar-refractivity contribution in [2.75, 3.05) is 0 Å². The Morgan fingerprint density at radius 2 is 1.95 bits per heavy atom. The molecule has 1 aromatic carbocycles. The predicted molar refractivity (Wildman–Crippen MR) is 77.5 cm³/mol. The molecule has 0 spiro atoms. The second kappa shape index (κ2) is 5.48. The highest BCUT2D eigenvalue weighted by atomic mass is 35.5. The third kappa shape index (κ3) is 2.73. The van der Waals surface area contributed by atoms with Crippen LogP contribution in [0.25, 0.3) is 0 Å². The lowest BCUT2D eigenvalue weighted by Gasteiger charge is -2.35. The lowest BCUT2D eigenvalue weighted by atomic mass is 9.69. The molecular formula is C16H18ClFO3. The molecule has 0 bridgehead atoms. The first-order valence-corrected chi connectivity index (χ1v) is 7.80. The molecule has 114 valence electrons. The third-order valence-corrected chi connectivity index (χ3v) is 4.73. The van der Waals surface area contributed by atoms with Crippen LogP contribution in [0.1, 0.15) is 50.5 Å². The molecule has 0 unspecified atom stereocenters. The fourth-order valence-corrected chi connectivity index (χ4v) is 3.39. The molecule has 3 rings (SSSR count). The van der Waals surface area contributed by atoms with E-state index in [-0.39, 0.29) is 11.1 Å². The Kier molecular flexibility index (Phi) is 3.82. The molecule has 5 heteroatoms. The molecule has 0 radical (unpaired) electrons. The minimum absolute atomic E-state index is 0.0844. The number of hydrogen-bond donors (Lipinski definition) is 1. The van der Waals surface area contributed by atoms with Crippen LogP contribution < -0.4 is 4.74 Å². The van der Waals surface area contributed by atoms with Crippen molar-refractivity contribution in [3.05, 3.63) is 28.5 Å². The minimum atomic E-state index is -1.08. The first-order valence-electron chi connectivity index (χ1n) is 7.42. The zero-order valence-electron chi connectivity index (χ0n) is 11.7. The smallest absolute Gasteiger partial charge is 0.314 e. The van der Waals surface area contributed by atoms with E-state index in [1.807, 2.05) is 0 Å². The van der Waals surface area contributed by atoms with Crippen molar-refractivity contribution in [2.45, 2.75) is 56.5 Å². The molecule has 1 aromatic rings. The zero-order valence-corrected chi connectivity index (χ0v) is 12.5. The summed E-state index contributed by atoms with van der Waals surface area (Å²) in [4.78, 5) is 11.9. The van der Waals surface area contributed by atoms with Gasteiger partial charge in [-0.1, -0.05) is 30.9 Å². The van der Waals surface area contributed by atoms with Crippen molar-refractivity contribution in [3.63, 3.8) is 0 Å². The summed E-state index contributed by atoms with van der Waals surface area (Å²) in [7, 11) is 0. The van der Waals surface area contributed by atoms with E-state index in [0.717, 1.165) is 32.1 Å². The van der Waals surface area contributed by atoms with E-state index in [2.05, 4.69) is 0 Å². The standard InChI is InChI=1S/C16H18ClFO3/c17-13-9-10(18)8-12(14(13)21-11-4-5-11)16(15(19)20)6-2-1-3-7-16/h8-9,11H,1-7H2,(H,19,20). The van der Waals surface area contributed by atoms with Gasteiger partial charge in [-0.05, 0) is 37.8 Å². The van der Waals surface area contributed by atoms with Gasteiger partial charge in [0.25, 0.3) is 0 Å². The van der Waals surface area contributed by atoms with Gasteiger partial charge in [-0.25, -0.2) is 4.39 Å². The van der Waals surface area contributed by atoms with Gasteiger partial charge in [0.2, 0.25) is 0 Å². The van der Waals surface area contributed by atoms with Gasteiger partial charge >= 0.3 is 5.97 Å². The molecule has 1 N–H and O–H groups in total. The van der Waals surface area contributed by atoms with Crippen LogP contribution in [-0.2, 0) is 10.2 Å². The number of carboxylic acid groups (broad SMARTS) is 1. The van der Waals surface area contributed by atoms with Crippen LogP contribution in [0.3, 0.4) is 0 Å². The Morgan fingerprint density at radius 1 is 1.29 bits per heavy atom. The van der Waals surface area contributed by atoms with Gasteiger partial charge in [0.15, 0.2) is 0 Å². The Morgan fingerprint density at radius 3 is 2.52 bits per heavy atom. The monoisotopic (exact) mass is 312 g/mol. The summed E-state index contributed by atoms with van der Waals surface area (Å²) in [5, 5.41) is 9.95. The molecule has 2 aliphatic carbocycles. The molecular weight excluding hydrogens is 295 g/mol. The van der Waals surface area contributed by atoms with Crippen LogP contribution in [-0.4, -0.2) is 17.2 Å². The Balaban J connectivity index is 2.10. The topological polar surface area (TPSA) is 46.5 Å². The average molecular weight is 313 g/mol. The quantitative estimate of drug-likeness (QED) is 0.901. The van der Waals surface area contributed by atoms with Crippen molar-refractivity contribution < 1.29 is 19.0 Å². The van der Waals surface area contributed by atoms with Crippen molar-refractivity contribution >= 4 is 17.6 Å². The minimum Gasteiger partial charge on any atom is -0.489 e. The predicted octanol–water partition coefficient (Wildman–Crippen LogP) is 4.31. The number of ether oxygens (including phenoxy) is 1. The second-order valence-electron chi connectivity index (χ2n) is 6.03. The maximum atomic E-state index is 13.8. The van der Waals surface area contributed by atoms with E-state index >= 15 is 0 Å². The van der Waals surface area contributed by atoms with Crippen molar-refractivity contribution in [1.29, 1.82) is 0 Å². The van der Waals surface area contributed by atoms with E-state index in [1.165, 1.54) is 12.1 Å². The Labute approximate surface area is 128 Å². The van der Waals surface area contributed by atoms with Gasteiger partial charge in [-0.15, -0.1) is 0 Å². The van der Waals surface area contributed by atoms with E-state index in [9.17, 15) is 14.3 Å². The molecule has 0 amide bonds.